The molecule has 3 rings (SSSR count). The fraction of sp³-hybridized carbons (Fsp3) is 0.769. The molecule has 3 atom stereocenters. The van der Waals surface area contributed by atoms with Gasteiger partial charge in [-0.3, -0.25) is 0 Å². The minimum atomic E-state index is 0.610. The van der Waals surface area contributed by atoms with Crippen LogP contribution in [0.15, 0.2) is 18.7 Å². The van der Waals surface area contributed by atoms with Crippen LogP contribution < -0.4 is 10.6 Å². The molecule has 1 saturated carbocycles. The van der Waals surface area contributed by atoms with Gasteiger partial charge in [-0.2, -0.15) is 0 Å². The standard InChI is InChI=1S/C13H22N4/c1-4-12(16-9-11-3-2-6-15-11)13(5-1)17-8-7-14-10-17/h7-8,10-13,15-16H,1-6,9H2. The Balaban J connectivity index is 1.54. The van der Waals surface area contributed by atoms with Crippen molar-refractivity contribution in [3.05, 3.63) is 18.7 Å². The number of rotatable bonds is 4. The van der Waals surface area contributed by atoms with Gasteiger partial charge in [-0.05, 0) is 38.6 Å². The highest BCUT2D eigenvalue weighted by atomic mass is 15.1. The van der Waals surface area contributed by atoms with E-state index >= 15 is 0 Å². The Bertz CT molecular complexity index is 329. The molecule has 2 heterocycles. The van der Waals surface area contributed by atoms with Gasteiger partial charge in [0.1, 0.15) is 0 Å². The average Bonchev–Trinajstić information content (AvgIpc) is 3.09. The van der Waals surface area contributed by atoms with Crippen molar-refractivity contribution >= 4 is 0 Å². The lowest BCUT2D eigenvalue weighted by Gasteiger charge is -2.24. The predicted octanol–water partition coefficient (Wildman–Crippen LogP) is 1.32. The van der Waals surface area contributed by atoms with E-state index in [0.29, 0.717) is 18.1 Å². The summed E-state index contributed by atoms with van der Waals surface area (Å²) < 4.78 is 2.27. The smallest absolute Gasteiger partial charge is 0.0949 e. The normalized spacial score (nSPS) is 33.3. The molecule has 2 fully saturated rings. The molecule has 0 radical (unpaired) electrons. The highest BCUT2D eigenvalue weighted by molar-refractivity contribution is 4.92. The highest BCUT2D eigenvalue weighted by Crippen LogP contribution is 2.29. The lowest BCUT2D eigenvalue weighted by Crippen LogP contribution is -2.41. The monoisotopic (exact) mass is 234 g/mol. The molecule has 3 unspecified atom stereocenters. The minimum absolute atomic E-state index is 0.610. The van der Waals surface area contributed by atoms with Crippen LogP contribution in [0.4, 0.5) is 0 Å². The fourth-order valence-corrected chi connectivity index (χ4v) is 3.23. The second kappa shape index (κ2) is 5.19. The lowest BCUT2D eigenvalue weighted by atomic mass is 10.1. The van der Waals surface area contributed by atoms with E-state index in [4.69, 9.17) is 0 Å². The van der Waals surface area contributed by atoms with Crippen molar-refractivity contribution in [3.63, 3.8) is 0 Å². The number of nitrogens with one attached hydrogen (secondary N) is 2. The van der Waals surface area contributed by atoms with Gasteiger partial charge in [0.15, 0.2) is 0 Å². The molecule has 1 aliphatic carbocycles. The number of hydrogen-bond acceptors (Lipinski definition) is 3. The summed E-state index contributed by atoms with van der Waals surface area (Å²) >= 11 is 0. The van der Waals surface area contributed by atoms with E-state index in [2.05, 4.69) is 26.4 Å². The largest absolute Gasteiger partial charge is 0.333 e. The summed E-state index contributed by atoms with van der Waals surface area (Å²) in [7, 11) is 0. The third kappa shape index (κ3) is 2.53. The summed E-state index contributed by atoms with van der Waals surface area (Å²) in [4.78, 5) is 4.16. The first-order valence-corrected chi connectivity index (χ1v) is 6.88. The number of imidazole rings is 1. The first kappa shape index (κ1) is 11.2. The topological polar surface area (TPSA) is 41.9 Å². The van der Waals surface area contributed by atoms with Crippen molar-refractivity contribution in [1.82, 2.24) is 20.2 Å². The number of nitrogens with zero attached hydrogens (tertiary/aromatic N) is 2. The SMILES string of the molecule is c1cn(C2CCCC2NCC2CCCN2)cn1. The molecule has 0 aromatic carbocycles. The van der Waals surface area contributed by atoms with Gasteiger partial charge in [-0.1, -0.05) is 0 Å². The van der Waals surface area contributed by atoms with E-state index in [1.165, 1.54) is 38.6 Å². The molecule has 17 heavy (non-hydrogen) atoms. The van der Waals surface area contributed by atoms with Crippen molar-refractivity contribution in [1.29, 1.82) is 0 Å². The van der Waals surface area contributed by atoms with E-state index < -0.39 is 0 Å². The van der Waals surface area contributed by atoms with Gasteiger partial charge < -0.3 is 15.2 Å². The van der Waals surface area contributed by atoms with Crippen LogP contribution in [0, 0.1) is 0 Å². The predicted molar refractivity (Wildman–Crippen MR) is 67.9 cm³/mol. The van der Waals surface area contributed by atoms with Crippen LogP contribution in [0.5, 0.6) is 0 Å². The van der Waals surface area contributed by atoms with Crippen LogP contribution >= 0.6 is 0 Å². The summed E-state index contributed by atoms with van der Waals surface area (Å²) in [6.07, 6.45) is 12.5. The van der Waals surface area contributed by atoms with Gasteiger partial charge in [0, 0.05) is 37.1 Å². The molecule has 94 valence electrons. The fourth-order valence-electron chi connectivity index (χ4n) is 3.23. The van der Waals surface area contributed by atoms with E-state index in [1.807, 2.05) is 12.5 Å². The molecule has 1 saturated heterocycles. The van der Waals surface area contributed by atoms with E-state index in [9.17, 15) is 0 Å². The van der Waals surface area contributed by atoms with E-state index in [-0.39, 0.29) is 0 Å². The van der Waals surface area contributed by atoms with Crippen LogP contribution in [-0.2, 0) is 0 Å². The second-order valence-electron chi connectivity index (χ2n) is 5.32. The molecule has 1 aromatic heterocycles. The zero-order valence-corrected chi connectivity index (χ0v) is 10.3. The van der Waals surface area contributed by atoms with Crippen LogP contribution in [0.2, 0.25) is 0 Å². The van der Waals surface area contributed by atoms with Gasteiger partial charge in [-0.25, -0.2) is 4.98 Å². The van der Waals surface area contributed by atoms with E-state index in [1.54, 1.807) is 0 Å². The van der Waals surface area contributed by atoms with Crippen LogP contribution in [0.1, 0.15) is 38.1 Å². The third-order valence-electron chi connectivity index (χ3n) is 4.18. The van der Waals surface area contributed by atoms with Crippen LogP contribution in [0.25, 0.3) is 0 Å². The van der Waals surface area contributed by atoms with Gasteiger partial charge >= 0.3 is 0 Å². The van der Waals surface area contributed by atoms with Crippen molar-refractivity contribution in [2.24, 2.45) is 0 Å². The van der Waals surface area contributed by atoms with Crippen LogP contribution in [-0.4, -0.2) is 34.7 Å². The summed E-state index contributed by atoms with van der Waals surface area (Å²) in [5.74, 6) is 0. The molecule has 1 aromatic rings. The molecular formula is C13H22N4. The van der Waals surface area contributed by atoms with Crippen molar-refractivity contribution < 1.29 is 0 Å². The zero-order valence-electron chi connectivity index (χ0n) is 10.3. The molecule has 0 spiro atoms. The minimum Gasteiger partial charge on any atom is -0.333 e. The Labute approximate surface area is 103 Å². The molecule has 2 aliphatic rings. The third-order valence-corrected chi connectivity index (χ3v) is 4.18. The Morgan fingerprint density at radius 1 is 1.29 bits per heavy atom. The molecule has 4 heteroatoms. The Morgan fingerprint density at radius 3 is 3.06 bits per heavy atom. The van der Waals surface area contributed by atoms with Crippen molar-refractivity contribution in [2.45, 2.75) is 50.2 Å². The molecule has 4 nitrogen and oxygen atoms in total. The van der Waals surface area contributed by atoms with Crippen molar-refractivity contribution in [2.75, 3.05) is 13.1 Å². The molecule has 2 N–H and O–H groups in total. The Morgan fingerprint density at radius 2 is 2.29 bits per heavy atom. The maximum atomic E-state index is 4.16. The van der Waals surface area contributed by atoms with Gasteiger partial charge in [0.05, 0.1) is 6.33 Å². The number of aromatic nitrogens is 2. The molecule has 1 aliphatic heterocycles. The van der Waals surface area contributed by atoms with Crippen molar-refractivity contribution in [3.8, 4) is 0 Å². The zero-order chi connectivity index (χ0) is 11.5. The highest BCUT2D eigenvalue weighted by Gasteiger charge is 2.28. The first-order valence-electron chi connectivity index (χ1n) is 6.88. The maximum Gasteiger partial charge on any atom is 0.0949 e. The maximum absolute atomic E-state index is 4.16. The summed E-state index contributed by atoms with van der Waals surface area (Å²) in [5.41, 5.74) is 0. The second-order valence-corrected chi connectivity index (χ2v) is 5.32. The Hall–Kier alpha value is -0.870. The summed E-state index contributed by atoms with van der Waals surface area (Å²) in [6, 6.07) is 1.93. The quantitative estimate of drug-likeness (QED) is 0.825. The number of hydrogen-bond donors (Lipinski definition) is 2. The first-order chi connectivity index (χ1) is 8.43. The van der Waals surface area contributed by atoms with Gasteiger partial charge in [0.2, 0.25) is 0 Å². The van der Waals surface area contributed by atoms with E-state index in [0.717, 1.165) is 6.54 Å². The molecule has 0 amide bonds. The van der Waals surface area contributed by atoms with Gasteiger partial charge in [0.25, 0.3) is 0 Å². The molecule has 0 bridgehead atoms. The van der Waals surface area contributed by atoms with Crippen LogP contribution in [0.3, 0.4) is 0 Å². The van der Waals surface area contributed by atoms with Gasteiger partial charge in [-0.15, -0.1) is 0 Å². The average molecular weight is 234 g/mol. The summed E-state index contributed by atoms with van der Waals surface area (Å²) in [5, 5.41) is 7.30. The summed E-state index contributed by atoms with van der Waals surface area (Å²) in [6.45, 7) is 2.32. The lowest BCUT2D eigenvalue weighted by molar-refractivity contribution is 0.375. The Kier molecular flexibility index (Phi) is 3.43. The molecular weight excluding hydrogens is 212 g/mol.